The highest BCUT2D eigenvalue weighted by Gasteiger charge is 2.43. The van der Waals surface area contributed by atoms with E-state index in [1.807, 2.05) is 12.1 Å². The number of fused-ring (bicyclic) bond motifs is 6. The lowest BCUT2D eigenvalue weighted by Gasteiger charge is -2.20. The molecule has 0 radical (unpaired) electrons. The smallest absolute Gasteiger partial charge is 0.309 e. The van der Waals surface area contributed by atoms with E-state index in [0.717, 1.165) is 72.8 Å². The number of benzene rings is 10. The normalized spacial score (nSPS) is 13.1. The van der Waals surface area contributed by atoms with E-state index in [1.165, 1.54) is 45.5 Å². The second-order valence-electron chi connectivity index (χ2n) is 22.3. The molecule has 4 nitrogen and oxygen atoms in total. The highest BCUT2D eigenvalue weighted by atomic mass is 19.4. The first-order valence-electron chi connectivity index (χ1n) is 28.0. The monoisotopic (exact) mass is 1380 g/mol. The average molecular weight is 1380 g/mol. The molecule has 0 fully saturated rings. The minimum absolute atomic E-state index is 0.0466. The topological polar surface area (TPSA) is 57.4 Å². The Morgan fingerprint density at radius 3 is 0.796 bits per heavy atom. The molecule has 0 spiro atoms. The SMILES string of the molecule is N#Cc1cccc(-c2cc(-n3c4ccc(-c5ccc(C(F)(F)F)cc5C(F)(F)F)cc4c4cc(-c5ccc(C(F)(F)F)cc5C(F)(F)F)ccc43)c(C#N)cc2-n2c3ccc(-c4ccc(C(F)(F)F)cc4C(F)(F)F)cc3c3cc(-c4ccc(C(F)(F)F)cc4C(F)(F)F)ccc32)c1. The van der Waals surface area contributed by atoms with E-state index in [0.29, 0.717) is 48.5 Å². The van der Waals surface area contributed by atoms with Crippen molar-refractivity contribution in [2.75, 3.05) is 0 Å². The molecule has 0 unspecified atom stereocenters. The summed E-state index contributed by atoms with van der Waals surface area (Å²) in [6.07, 6.45) is -43.1. The summed E-state index contributed by atoms with van der Waals surface area (Å²) in [6.45, 7) is 0. The zero-order valence-corrected chi connectivity index (χ0v) is 48.2. The maximum atomic E-state index is 14.9. The second-order valence-corrected chi connectivity index (χ2v) is 22.3. The highest BCUT2D eigenvalue weighted by molar-refractivity contribution is 6.14. The van der Waals surface area contributed by atoms with E-state index in [1.54, 1.807) is 0 Å². The first-order valence-corrected chi connectivity index (χ1v) is 28.0. The molecule has 98 heavy (non-hydrogen) atoms. The highest BCUT2D eigenvalue weighted by Crippen LogP contribution is 2.50. The summed E-state index contributed by atoms with van der Waals surface area (Å²) < 4.78 is 348. The summed E-state index contributed by atoms with van der Waals surface area (Å²) in [6, 6.07) is 27.5. The minimum Gasteiger partial charge on any atom is -0.309 e. The van der Waals surface area contributed by atoms with Crippen LogP contribution >= 0.6 is 0 Å². The van der Waals surface area contributed by atoms with Gasteiger partial charge in [-0.1, -0.05) is 60.7 Å². The van der Waals surface area contributed by atoms with Crippen LogP contribution in [-0.2, 0) is 49.4 Å². The van der Waals surface area contributed by atoms with Gasteiger partial charge in [0.2, 0.25) is 0 Å². The number of rotatable bonds is 7. The van der Waals surface area contributed by atoms with E-state index >= 15 is 0 Å². The number of nitrogens with zero attached hydrogens (tertiary/aromatic N) is 4. The molecule has 0 aliphatic heterocycles. The Labute approximate surface area is 533 Å². The zero-order chi connectivity index (χ0) is 71.1. The molecule has 10 aromatic carbocycles. The number of hydrogen-bond acceptors (Lipinski definition) is 2. The molecule has 12 rings (SSSR count). The van der Waals surface area contributed by atoms with E-state index < -0.39 is 144 Å². The first kappa shape index (κ1) is 67.1. The van der Waals surface area contributed by atoms with E-state index in [4.69, 9.17) is 0 Å². The minimum atomic E-state index is -5.47. The number of hydrogen-bond donors (Lipinski definition) is 0. The van der Waals surface area contributed by atoms with Gasteiger partial charge in [0.1, 0.15) is 6.07 Å². The van der Waals surface area contributed by atoms with Gasteiger partial charge in [0.15, 0.2) is 0 Å². The lowest BCUT2D eigenvalue weighted by molar-refractivity contribution is -0.144. The van der Waals surface area contributed by atoms with Crippen LogP contribution in [0.2, 0.25) is 0 Å². The van der Waals surface area contributed by atoms with Crippen LogP contribution in [0, 0.1) is 22.7 Å². The van der Waals surface area contributed by atoms with Crippen molar-refractivity contribution >= 4 is 43.6 Å². The van der Waals surface area contributed by atoms with Crippen LogP contribution in [0.3, 0.4) is 0 Å². The van der Waals surface area contributed by atoms with Crippen molar-refractivity contribution in [3.8, 4) is 79.1 Å². The molecule has 12 aromatic rings. The first-order chi connectivity index (χ1) is 45.5. The van der Waals surface area contributed by atoms with Gasteiger partial charge in [0.25, 0.3) is 0 Å². The Morgan fingerprint density at radius 2 is 0.531 bits per heavy atom. The molecule has 498 valence electrons. The van der Waals surface area contributed by atoms with Crippen molar-refractivity contribution in [2.24, 2.45) is 0 Å². The van der Waals surface area contributed by atoms with Crippen LogP contribution in [0.1, 0.15) is 55.6 Å². The van der Waals surface area contributed by atoms with E-state index in [2.05, 4.69) is 0 Å². The predicted molar refractivity (Wildman–Crippen MR) is 312 cm³/mol. The molecule has 2 aromatic heterocycles. The predicted octanol–water partition coefficient (Wildman–Crippen LogP) is 24.1. The maximum Gasteiger partial charge on any atom is 0.417 e. The van der Waals surface area contributed by atoms with Crippen LogP contribution < -0.4 is 0 Å². The maximum absolute atomic E-state index is 14.9. The summed E-state index contributed by atoms with van der Waals surface area (Å²) >= 11 is 0. The van der Waals surface area contributed by atoms with Gasteiger partial charge < -0.3 is 9.13 Å². The number of halogens is 24. The molecule has 0 saturated carbocycles. The molecule has 0 bridgehead atoms. The quantitative estimate of drug-likeness (QED) is 0.149. The van der Waals surface area contributed by atoms with Gasteiger partial charge >= 0.3 is 49.4 Å². The molecule has 0 atom stereocenters. The largest absolute Gasteiger partial charge is 0.417 e. The van der Waals surface area contributed by atoms with Crippen LogP contribution in [0.5, 0.6) is 0 Å². The second kappa shape index (κ2) is 22.9. The van der Waals surface area contributed by atoms with Gasteiger partial charge in [-0.3, -0.25) is 0 Å². The molecule has 0 saturated heterocycles. The van der Waals surface area contributed by atoms with Crippen molar-refractivity contribution in [1.82, 2.24) is 9.13 Å². The van der Waals surface area contributed by atoms with Crippen molar-refractivity contribution in [3.63, 3.8) is 0 Å². The lowest BCUT2D eigenvalue weighted by Crippen LogP contribution is -2.12. The molecule has 2 heterocycles. The summed E-state index contributed by atoms with van der Waals surface area (Å²) in [5.74, 6) is 0. The number of alkyl halides is 24. The third-order valence-corrected chi connectivity index (χ3v) is 16.4. The fraction of sp³-hybridized carbons (Fsp3) is 0.114. The molecule has 0 aliphatic carbocycles. The third-order valence-electron chi connectivity index (χ3n) is 16.4. The summed E-state index contributed by atoms with van der Waals surface area (Å²) in [7, 11) is 0. The molecular weight excluding hydrogens is 1350 g/mol. The van der Waals surface area contributed by atoms with E-state index in [9.17, 15) is 116 Å². The Hall–Kier alpha value is -10.9. The van der Waals surface area contributed by atoms with Crippen molar-refractivity contribution in [2.45, 2.75) is 49.4 Å². The standard InChI is InChI=1S/C70H30F24N4/c71-63(72,73)40-8-12-44(53(26-40)67(83,84)85)35-4-16-57-49(21-35)50-22-36(45-13-9-41(64(74,75)76)27-54(45)68(86,87)88)5-17-58(50)97(57)61-30-48(34-3-1-2-33(20-34)31-95)62(25-39(61)32-96)98-59-18-6-37(46-14-10-42(65(77,78)79)28-55(46)69(89,90)91)23-51(59)52-24-38(7-19-60(52)98)47-15-11-43(66(80,81)82)29-56(47)70(92,93)94/h1-30H. The Balaban J connectivity index is 1.18. The van der Waals surface area contributed by atoms with E-state index in [-0.39, 0.29) is 95.9 Å². The van der Waals surface area contributed by atoms with Gasteiger partial charge in [-0.25, -0.2) is 0 Å². The average Bonchev–Trinajstić information content (AvgIpc) is 1.55. The number of aromatic nitrogens is 2. The summed E-state index contributed by atoms with van der Waals surface area (Å²) in [4.78, 5) is 0. The molecule has 0 N–H and O–H groups in total. The van der Waals surface area contributed by atoms with Gasteiger partial charge in [0, 0.05) is 27.1 Å². The van der Waals surface area contributed by atoms with Crippen molar-refractivity contribution in [1.29, 1.82) is 10.5 Å². The molecule has 0 aliphatic rings. The third kappa shape index (κ3) is 12.1. The van der Waals surface area contributed by atoms with Crippen LogP contribution in [0.4, 0.5) is 105 Å². The van der Waals surface area contributed by atoms with Crippen LogP contribution in [0.25, 0.3) is 111 Å². The van der Waals surface area contributed by atoms with Gasteiger partial charge in [0.05, 0.1) is 95.1 Å². The molecule has 0 amide bonds. The van der Waals surface area contributed by atoms with Crippen molar-refractivity contribution < 1.29 is 105 Å². The van der Waals surface area contributed by atoms with Crippen LogP contribution in [-0.4, -0.2) is 9.13 Å². The Bertz CT molecular complexity index is 5090. The molecular formula is C70H30F24N4. The number of nitriles is 2. The van der Waals surface area contributed by atoms with Gasteiger partial charge in [-0.15, -0.1) is 0 Å². The lowest BCUT2D eigenvalue weighted by atomic mass is 9.94. The zero-order valence-electron chi connectivity index (χ0n) is 48.2. The van der Waals surface area contributed by atoms with Gasteiger partial charge in [-0.2, -0.15) is 116 Å². The van der Waals surface area contributed by atoms with Crippen molar-refractivity contribution in [3.05, 3.63) is 238 Å². The fourth-order valence-corrected chi connectivity index (χ4v) is 12.1. The van der Waals surface area contributed by atoms with Crippen LogP contribution in [0.15, 0.2) is 182 Å². The Kier molecular flexibility index (Phi) is 15.7. The summed E-state index contributed by atoms with van der Waals surface area (Å²) in [5, 5.41) is 20.8. The summed E-state index contributed by atoms with van der Waals surface area (Å²) in [5.41, 5.74) is -20.4. The molecule has 28 heteroatoms. The Morgan fingerprint density at radius 1 is 0.245 bits per heavy atom. The van der Waals surface area contributed by atoms with Gasteiger partial charge in [-0.05, 0) is 171 Å². The fourth-order valence-electron chi connectivity index (χ4n) is 12.1.